The summed E-state index contributed by atoms with van der Waals surface area (Å²) in [6.07, 6.45) is 0. The van der Waals surface area contributed by atoms with Gasteiger partial charge in [0.05, 0.1) is 5.69 Å². The van der Waals surface area contributed by atoms with E-state index >= 15 is 0 Å². The molecule has 0 amide bonds. The molecule has 0 bridgehead atoms. The van der Waals surface area contributed by atoms with Crippen molar-refractivity contribution < 1.29 is 0 Å². The first-order chi connectivity index (χ1) is 6.65. The summed E-state index contributed by atoms with van der Waals surface area (Å²) in [6.45, 7) is 5.64. The molecular weight excluding hydrogens is 176 g/mol. The Labute approximate surface area is 85.1 Å². The van der Waals surface area contributed by atoms with Crippen LogP contribution in [0.5, 0.6) is 0 Å². The molecule has 0 aromatic carbocycles. The molecule has 2 N–H and O–H groups in total. The fraction of sp³-hybridized carbons (Fsp3) is 0.600. The number of hydrogen-bond acceptors (Lipinski definition) is 4. The fourth-order valence-corrected chi connectivity index (χ4v) is 1.16. The maximum absolute atomic E-state index is 5.46. The van der Waals surface area contributed by atoms with Crippen LogP contribution in [0.15, 0.2) is 12.1 Å². The normalized spacial score (nSPS) is 10.6. The van der Waals surface area contributed by atoms with Gasteiger partial charge >= 0.3 is 0 Å². The Kier molecular flexibility index (Phi) is 3.83. The molecule has 4 nitrogen and oxygen atoms in total. The molecule has 1 heterocycles. The third-order valence-electron chi connectivity index (χ3n) is 2.12. The summed E-state index contributed by atoms with van der Waals surface area (Å²) in [4.78, 5) is 2.00. The van der Waals surface area contributed by atoms with Crippen LogP contribution < -0.4 is 10.6 Å². The minimum atomic E-state index is 0.427. The van der Waals surface area contributed by atoms with Crippen LogP contribution in [0.1, 0.15) is 25.5 Å². The average molecular weight is 194 g/mol. The number of aromatic nitrogens is 2. The van der Waals surface area contributed by atoms with Gasteiger partial charge in [-0.2, -0.15) is 5.10 Å². The summed E-state index contributed by atoms with van der Waals surface area (Å²) >= 11 is 0. The molecule has 0 saturated heterocycles. The van der Waals surface area contributed by atoms with E-state index in [-0.39, 0.29) is 0 Å². The van der Waals surface area contributed by atoms with Crippen molar-refractivity contribution in [1.29, 1.82) is 0 Å². The maximum atomic E-state index is 5.46. The van der Waals surface area contributed by atoms with Crippen molar-refractivity contribution in [3.63, 3.8) is 0 Å². The van der Waals surface area contributed by atoms with Gasteiger partial charge in [-0.05, 0) is 18.1 Å². The van der Waals surface area contributed by atoms with Gasteiger partial charge in [-0.1, -0.05) is 13.8 Å². The van der Waals surface area contributed by atoms with Crippen LogP contribution in [-0.2, 0) is 0 Å². The minimum Gasteiger partial charge on any atom is -0.357 e. The highest BCUT2D eigenvalue weighted by Crippen LogP contribution is 2.13. The average Bonchev–Trinajstić information content (AvgIpc) is 2.18. The van der Waals surface area contributed by atoms with Crippen molar-refractivity contribution in [1.82, 2.24) is 10.2 Å². The van der Waals surface area contributed by atoms with Gasteiger partial charge in [0.1, 0.15) is 0 Å². The summed E-state index contributed by atoms with van der Waals surface area (Å²) in [7, 11) is 1.96. The molecule has 14 heavy (non-hydrogen) atoms. The van der Waals surface area contributed by atoms with E-state index in [1.165, 1.54) is 0 Å². The summed E-state index contributed by atoms with van der Waals surface area (Å²) in [5.41, 5.74) is 6.48. The maximum Gasteiger partial charge on any atom is 0.151 e. The van der Waals surface area contributed by atoms with Crippen molar-refractivity contribution in [3.05, 3.63) is 17.8 Å². The largest absolute Gasteiger partial charge is 0.357 e. The van der Waals surface area contributed by atoms with Crippen molar-refractivity contribution >= 4 is 5.82 Å². The lowest BCUT2D eigenvalue weighted by atomic mass is 10.1. The number of rotatable bonds is 4. The third kappa shape index (κ3) is 2.67. The third-order valence-corrected chi connectivity index (χ3v) is 2.12. The highest BCUT2D eigenvalue weighted by Gasteiger charge is 2.04. The molecule has 0 spiro atoms. The molecule has 4 heteroatoms. The highest BCUT2D eigenvalue weighted by atomic mass is 15.2. The fourth-order valence-electron chi connectivity index (χ4n) is 1.16. The predicted molar refractivity (Wildman–Crippen MR) is 58.4 cm³/mol. The zero-order valence-electron chi connectivity index (χ0n) is 9.07. The van der Waals surface area contributed by atoms with E-state index in [0.717, 1.165) is 18.1 Å². The SMILES string of the molecule is CC(C)c1ccc(N(C)CCN)nn1. The van der Waals surface area contributed by atoms with Crippen molar-refractivity contribution in [2.45, 2.75) is 19.8 Å². The zero-order valence-corrected chi connectivity index (χ0v) is 9.07. The van der Waals surface area contributed by atoms with Gasteiger partial charge in [0, 0.05) is 20.1 Å². The first-order valence-corrected chi connectivity index (χ1v) is 4.90. The van der Waals surface area contributed by atoms with Gasteiger partial charge in [-0.25, -0.2) is 0 Å². The summed E-state index contributed by atoms with van der Waals surface area (Å²) in [5.74, 6) is 1.30. The van der Waals surface area contributed by atoms with Crippen molar-refractivity contribution in [2.24, 2.45) is 5.73 Å². The Morgan fingerprint density at radius 3 is 2.50 bits per heavy atom. The standard InChI is InChI=1S/C10H18N4/c1-8(2)9-4-5-10(13-12-9)14(3)7-6-11/h4-5,8H,6-7,11H2,1-3H3. The van der Waals surface area contributed by atoms with Gasteiger partial charge in [-0.15, -0.1) is 5.10 Å². The Morgan fingerprint density at radius 1 is 1.36 bits per heavy atom. The Morgan fingerprint density at radius 2 is 2.07 bits per heavy atom. The number of nitrogens with two attached hydrogens (primary N) is 1. The molecule has 0 aliphatic carbocycles. The molecule has 78 valence electrons. The second kappa shape index (κ2) is 4.91. The van der Waals surface area contributed by atoms with Gasteiger partial charge < -0.3 is 10.6 Å². The van der Waals surface area contributed by atoms with Crippen LogP contribution in [0.2, 0.25) is 0 Å². The van der Waals surface area contributed by atoms with Crippen LogP contribution in [0, 0.1) is 0 Å². The summed E-state index contributed by atoms with van der Waals surface area (Å²) in [6, 6.07) is 4.00. The quantitative estimate of drug-likeness (QED) is 0.776. The van der Waals surface area contributed by atoms with E-state index in [4.69, 9.17) is 5.73 Å². The predicted octanol–water partition coefficient (Wildman–Crippen LogP) is 0.995. The van der Waals surface area contributed by atoms with E-state index in [9.17, 15) is 0 Å². The Balaban J connectivity index is 2.72. The molecule has 0 radical (unpaired) electrons. The number of hydrogen-bond donors (Lipinski definition) is 1. The van der Waals surface area contributed by atoms with Crippen LogP contribution in [0.4, 0.5) is 5.82 Å². The molecule has 1 aromatic rings. The lowest BCUT2D eigenvalue weighted by Gasteiger charge is -2.16. The Hall–Kier alpha value is -1.16. The van der Waals surface area contributed by atoms with Gasteiger partial charge in [0.25, 0.3) is 0 Å². The first kappa shape index (κ1) is 10.9. The van der Waals surface area contributed by atoms with E-state index in [2.05, 4.69) is 24.0 Å². The molecule has 0 atom stereocenters. The van der Waals surface area contributed by atoms with Crippen molar-refractivity contribution in [2.75, 3.05) is 25.0 Å². The van der Waals surface area contributed by atoms with E-state index in [1.54, 1.807) is 0 Å². The summed E-state index contributed by atoms with van der Waals surface area (Å²) < 4.78 is 0. The van der Waals surface area contributed by atoms with Gasteiger partial charge in [0.15, 0.2) is 5.82 Å². The van der Waals surface area contributed by atoms with Crippen LogP contribution in [-0.4, -0.2) is 30.3 Å². The van der Waals surface area contributed by atoms with Gasteiger partial charge in [0.2, 0.25) is 0 Å². The van der Waals surface area contributed by atoms with Crippen LogP contribution in [0.25, 0.3) is 0 Å². The second-order valence-corrected chi connectivity index (χ2v) is 3.68. The number of likely N-dealkylation sites (N-methyl/N-ethyl adjacent to an activating group) is 1. The second-order valence-electron chi connectivity index (χ2n) is 3.68. The smallest absolute Gasteiger partial charge is 0.151 e. The first-order valence-electron chi connectivity index (χ1n) is 4.90. The molecule has 0 aliphatic heterocycles. The van der Waals surface area contributed by atoms with Crippen molar-refractivity contribution in [3.8, 4) is 0 Å². The lowest BCUT2D eigenvalue weighted by molar-refractivity contribution is 0.770. The monoisotopic (exact) mass is 194 g/mol. The Bertz CT molecular complexity index is 268. The molecular formula is C10H18N4. The number of nitrogens with zero attached hydrogens (tertiary/aromatic N) is 3. The van der Waals surface area contributed by atoms with E-state index in [0.29, 0.717) is 12.5 Å². The highest BCUT2D eigenvalue weighted by molar-refractivity contribution is 5.36. The molecule has 1 rings (SSSR count). The minimum absolute atomic E-state index is 0.427. The van der Waals surface area contributed by atoms with E-state index in [1.807, 2.05) is 24.1 Å². The van der Waals surface area contributed by atoms with Gasteiger partial charge in [-0.3, -0.25) is 0 Å². The molecule has 0 aliphatic rings. The van der Waals surface area contributed by atoms with E-state index < -0.39 is 0 Å². The topological polar surface area (TPSA) is 55.0 Å². The molecule has 0 fully saturated rings. The molecule has 0 unspecified atom stereocenters. The summed E-state index contributed by atoms with van der Waals surface area (Å²) in [5, 5.41) is 8.29. The zero-order chi connectivity index (χ0) is 10.6. The molecule has 0 saturated carbocycles. The lowest BCUT2D eigenvalue weighted by Crippen LogP contribution is -2.26. The molecule has 1 aromatic heterocycles. The number of anilines is 1. The van der Waals surface area contributed by atoms with Crippen LogP contribution >= 0.6 is 0 Å². The van der Waals surface area contributed by atoms with Crippen LogP contribution in [0.3, 0.4) is 0 Å².